The monoisotopic (exact) mass is 453 g/mol. The highest BCUT2D eigenvalue weighted by Crippen LogP contribution is 2.45. The lowest BCUT2D eigenvalue weighted by atomic mass is 9.94. The van der Waals surface area contributed by atoms with E-state index in [9.17, 15) is 39.6 Å². The van der Waals surface area contributed by atoms with Crippen LogP contribution in [-0.2, 0) is 10.0 Å². The second-order valence-electron chi connectivity index (χ2n) is 5.46. The van der Waals surface area contributed by atoms with E-state index < -0.39 is 45.3 Å². The molecule has 0 atom stereocenters. The zero-order valence-electron chi connectivity index (χ0n) is 15.2. The first kappa shape index (κ1) is 24.6. The smallest absolute Gasteiger partial charge is 0.420 e. The normalized spacial score (nSPS) is 13.0. The van der Waals surface area contributed by atoms with Crippen LogP contribution in [0.2, 0.25) is 0 Å². The largest absolute Gasteiger partial charge is 0.497 e. The van der Waals surface area contributed by atoms with E-state index >= 15 is 0 Å². The van der Waals surface area contributed by atoms with Gasteiger partial charge in [0.2, 0.25) is 5.54 Å². The van der Waals surface area contributed by atoms with Crippen LogP contribution < -0.4 is 25.0 Å². The van der Waals surface area contributed by atoms with Gasteiger partial charge in [-0.05, 0) is 18.6 Å². The van der Waals surface area contributed by atoms with E-state index in [4.69, 9.17) is 9.47 Å². The van der Waals surface area contributed by atoms with Gasteiger partial charge in [-0.15, -0.1) is 4.83 Å². The SMILES string of the molecule is CCC(NC(=O)NNS(=O)(=O)c1cc(OC)ccc1OC)(C(F)(F)F)C(F)(F)F. The summed E-state index contributed by atoms with van der Waals surface area (Å²) in [5, 5.41) is 0.752. The number of halogens is 6. The Balaban J connectivity index is 3.10. The first-order valence-corrected chi connectivity index (χ1v) is 9.09. The third kappa shape index (κ3) is 5.14. The van der Waals surface area contributed by atoms with Crippen LogP contribution in [-0.4, -0.2) is 46.6 Å². The van der Waals surface area contributed by atoms with E-state index in [0.717, 1.165) is 18.5 Å². The average Bonchev–Trinajstić information content (AvgIpc) is 2.61. The van der Waals surface area contributed by atoms with Gasteiger partial charge >= 0.3 is 18.4 Å². The molecule has 1 aromatic carbocycles. The van der Waals surface area contributed by atoms with Crippen molar-refractivity contribution in [3.63, 3.8) is 0 Å². The molecular weight excluding hydrogens is 436 g/mol. The minimum absolute atomic E-state index is 0.0507. The van der Waals surface area contributed by atoms with Gasteiger partial charge < -0.3 is 14.8 Å². The van der Waals surface area contributed by atoms with Gasteiger partial charge in [0.15, 0.2) is 0 Å². The molecule has 15 heteroatoms. The maximum atomic E-state index is 13.0. The van der Waals surface area contributed by atoms with Crippen molar-refractivity contribution in [1.29, 1.82) is 0 Å². The number of hydrogen-bond acceptors (Lipinski definition) is 5. The number of carbonyl (C=O) groups is 1. The molecule has 0 spiro atoms. The van der Waals surface area contributed by atoms with E-state index in [1.807, 2.05) is 0 Å². The molecule has 3 N–H and O–H groups in total. The fourth-order valence-corrected chi connectivity index (χ4v) is 3.20. The predicted octanol–water partition coefficient (Wildman–Crippen LogP) is 2.47. The van der Waals surface area contributed by atoms with E-state index in [2.05, 4.69) is 0 Å². The van der Waals surface area contributed by atoms with Crippen LogP contribution in [0.5, 0.6) is 11.5 Å². The molecule has 0 aliphatic heterocycles. The quantitative estimate of drug-likeness (QED) is 0.435. The van der Waals surface area contributed by atoms with Gasteiger partial charge in [0, 0.05) is 6.07 Å². The molecule has 0 aliphatic rings. The fourth-order valence-electron chi connectivity index (χ4n) is 2.18. The summed E-state index contributed by atoms with van der Waals surface area (Å²) in [6.45, 7) is 0.562. The minimum Gasteiger partial charge on any atom is -0.497 e. The molecule has 0 bridgehead atoms. The van der Waals surface area contributed by atoms with E-state index in [1.54, 1.807) is 0 Å². The molecule has 0 fully saturated rings. The molecule has 166 valence electrons. The maximum Gasteiger partial charge on any atom is 0.420 e. The van der Waals surface area contributed by atoms with Crippen molar-refractivity contribution >= 4 is 16.1 Å². The van der Waals surface area contributed by atoms with Crippen LogP contribution in [0.15, 0.2) is 23.1 Å². The number of sulfonamides is 1. The van der Waals surface area contributed by atoms with Crippen molar-refractivity contribution in [3.05, 3.63) is 18.2 Å². The Hall–Kier alpha value is -2.42. The second-order valence-corrected chi connectivity index (χ2v) is 7.11. The number of urea groups is 1. The van der Waals surface area contributed by atoms with Gasteiger partial charge in [-0.2, -0.15) is 26.3 Å². The molecule has 8 nitrogen and oxygen atoms in total. The molecule has 29 heavy (non-hydrogen) atoms. The lowest BCUT2D eigenvalue weighted by Gasteiger charge is -2.36. The summed E-state index contributed by atoms with van der Waals surface area (Å²) in [5.74, 6) is -0.177. The zero-order chi connectivity index (χ0) is 22.7. The maximum absolute atomic E-state index is 13.0. The third-order valence-electron chi connectivity index (χ3n) is 3.78. The van der Waals surface area contributed by atoms with E-state index in [-0.39, 0.29) is 11.5 Å². The number of amides is 2. The van der Waals surface area contributed by atoms with Gasteiger partial charge in [-0.1, -0.05) is 6.92 Å². The molecule has 0 heterocycles. The summed E-state index contributed by atoms with van der Waals surface area (Å²) in [6, 6.07) is 1.40. The van der Waals surface area contributed by atoms with Gasteiger partial charge in [0.1, 0.15) is 16.4 Å². The van der Waals surface area contributed by atoms with Crippen LogP contribution in [0.4, 0.5) is 31.1 Å². The lowest BCUT2D eigenvalue weighted by molar-refractivity contribution is -0.304. The molecule has 0 saturated carbocycles. The number of alkyl halides is 6. The van der Waals surface area contributed by atoms with Crippen LogP contribution >= 0.6 is 0 Å². The first-order valence-electron chi connectivity index (χ1n) is 7.60. The Morgan fingerprint density at radius 3 is 2.00 bits per heavy atom. The van der Waals surface area contributed by atoms with Crippen molar-refractivity contribution in [2.24, 2.45) is 0 Å². The van der Waals surface area contributed by atoms with Crippen molar-refractivity contribution < 1.29 is 49.0 Å². The number of rotatable bonds is 7. The molecule has 2 amide bonds. The van der Waals surface area contributed by atoms with Gasteiger partial charge in [-0.3, -0.25) is 5.43 Å². The number of carbonyl (C=O) groups excluding carboxylic acids is 1. The number of benzene rings is 1. The Morgan fingerprint density at radius 2 is 1.59 bits per heavy atom. The highest BCUT2D eigenvalue weighted by Gasteiger charge is 2.70. The molecule has 0 saturated heterocycles. The van der Waals surface area contributed by atoms with Crippen molar-refractivity contribution in [3.8, 4) is 11.5 Å². The highest BCUT2D eigenvalue weighted by molar-refractivity contribution is 7.89. The number of nitrogens with one attached hydrogen (secondary N) is 3. The van der Waals surface area contributed by atoms with Crippen LogP contribution in [0.25, 0.3) is 0 Å². The van der Waals surface area contributed by atoms with Crippen molar-refractivity contribution in [1.82, 2.24) is 15.6 Å². The van der Waals surface area contributed by atoms with E-state index in [0.29, 0.717) is 6.92 Å². The topological polar surface area (TPSA) is 106 Å². The van der Waals surface area contributed by atoms with Gasteiger partial charge in [0.05, 0.1) is 14.2 Å². The van der Waals surface area contributed by atoms with Crippen LogP contribution in [0.3, 0.4) is 0 Å². The predicted molar refractivity (Wildman–Crippen MR) is 86.7 cm³/mol. The number of hydrazine groups is 1. The standard InChI is InChI=1S/C14H17F6N3O5S/c1-4-12(13(15,16)17,14(18,19)20)21-11(24)22-23-29(25,26)10-7-8(27-2)5-6-9(10)28-3/h5-7,23H,4H2,1-3H3,(H2,21,22,24). The van der Waals surface area contributed by atoms with Crippen molar-refractivity contribution in [2.45, 2.75) is 36.1 Å². The van der Waals surface area contributed by atoms with Gasteiger partial charge in [0.25, 0.3) is 10.0 Å². The number of hydrogen-bond donors (Lipinski definition) is 3. The zero-order valence-corrected chi connectivity index (χ0v) is 16.0. The van der Waals surface area contributed by atoms with Gasteiger partial charge in [-0.25, -0.2) is 13.2 Å². The summed E-state index contributed by atoms with van der Waals surface area (Å²) in [5.41, 5.74) is -3.32. The van der Waals surface area contributed by atoms with Crippen molar-refractivity contribution in [2.75, 3.05) is 14.2 Å². The molecule has 0 unspecified atom stereocenters. The van der Waals surface area contributed by atoms with Crippen LogP contribution in [0, 0.1) is 0 Å². The Bertz CT molecular complexity index is 827. The Kier molecular flexibility index (Phi) is 7.24. The van der Waals surface area contributed by atoms with E-state index in [1.165, 1.54) is 29.5 Å². The average molecular weight is 453 g/mol. The third-order valence-corrected chi connectivity index (χ3v) is 5.05. The summed E-state index contributed by atoms with van der Waals surface area (Å²) in [4.78, 5) is 12.5. The molecule has 0 radical (unpaired) electrons. The molecule has 0 aliphatic carbocycles. The molecule has 1 aromatic rings. The number of ether oxygens (including phenoxy) is 2. The molecular formula is C14H17F6N3O5S. The first-order chi connectivity index (χ1) is 13.1. The molecule has 0 aromatic heterocycles. The summed E-state index contributed by atoms with van der Waals surface area (Å²) < 4.78 is 112. The lowest BCUT2D eigenvalue weighted by Crippen LogP contribution is -2.69. The number of methoxy groups -OCH3 is 2. The second kappa shape index (κ2) is 8.52. The molecule has 1 rings (SSSR count). The minimum atomic E-state index is -5.90. The summed E-state index contributed by atoms with van der Waals surface area (Å²) >= 11 is 0. The Morgan fingerprint density at radius 1 is 1.03 bits per heavy atom. The fraction of sp³-hybridized carbons (Fsp3) is 0.500. The summed E-state index contributed by atoms with van der Waals surface area (Å²) in [7, 11) is -2.32. The highest BCUT2D eigenvalue weighted by atomic mass is 32.2. The summed E-state index contributed by atoms with van der Waals surface area (Å²) in [6.07, 6.45) is -13.4. The van der Waals surface area contributed by atoms with Crippen LogP contribution in [0.1, 0.15) is 13.3 Å². The Labute approximate surface area is 161 Å².